The third-order valence-corrected chi connectivity index (χ3v) is 6.15. The maximum Gasteiger partial charge on any atom is 0.161 e. The van der Waals surface area contributed by atoms with E-state index in [1.807, 2.05) is 13.0 Å². The van der Waals surface area contributed by atoms with Gasteiger partial charge in [0.25, 0.3) is 0 Å². The van der Waals surface area contributed by atoms with Gasteiger partial charge in [0.05, 0.1) is 30.9 Å². The third-order valence-electron chi connectivity index (χ3n) is 5.14. The molecule has 0 fully saturated rings. The van der Waals surface area contributed by atoms with Gasteiger partial charge in [-0.1, -0.05) is 24.3 Å². The van der Waals surface area contributed by atoms with Crippen molar-refractivity contribution >= 4 is 15.5 Å². The molecule has 0 aliphatic rings. The standard InChI is InChI=1S/C24H27FN2O4S/c1-4-31-23-14-16(9-10-22(23)30-2)17(15-32(3,28)29)13-21-24(26)19(11-12-27-21)18-7-5-6-8-20(18)25/h5-12,14,17H,4,13,15,26H2,1-3H3/t17-/m1/s1. The predicted octanol–water partition coefficient (Wildman–Crippen LogP) is 4.25. The van der Waals surface area contributed by atoms with E-state index in [0.717, 1.165) is 5.56 Å². The first-order valence-corrected chi connectivity index (χ1v) is 12.3. The van der Waals surface area contributed by atoms with E-state index in [2.05, 4.69) is 4.98 Å². The van der Waals surface area contributed by atoms with Crippen LogP contribution < -0.4 is 15.2 Å². The Morgan fingerprint density at radius 1 is 1.09 bits per heavy atom. The van der Waals surface area contributed by atoms with Gasteiger partial charge in [-0.15, -0.1) is 0 Å². The van der Waals surface area contributed by atoms with Crippen molar-refractivity contribution in [2.45, 2.75) is 19.3 Å². The van der Waals surface area contributed by atoms with E-state index in [9.17, 15) is 12.8 Å². The highest BCUT2D eigenvalue weighted by molar-refractivity contribution is 7.90. The molecule has 32 heavy (non-hydrogen) atoms. The molecule has 1 aromatic heterocycles. The van der Waals surface area contributed by atoms with Crippen LogP contribution in [0.15, 0.2) is 54.7 Å². The molecule has 0 radical (unpaired) electrons. The Labute approximate surface area is 188 Å². The van der Waals surface area contributed by atoms with Crippen molar-refractivity contribution in [3.8, 4) is 22.6 Å². The molecule has 2 N–H and O–H groups in total. The molecule has 0 amide bonds. The zero-order valence-corrected chi connectivity index (χ0v) is 19.2. The van der Waals surface area contributed by atoms with Gasteiger partial charge >= 0.3 is 0 Å². The van der Waals surface area contributed by atoms with Crippen molar-refractivity contribution in [3.05, 3.63) is 71.8 Å². The SMILES string of the molecule is CCOc1cc([C@H](Cc2nccc(-c3ccccc3F)c2N)CS(C)(=O)=O)ccc1OC. The fraction of sp³-hybridized carbons (Fsp3) is 0.292. The van der Waals surface area contributed by atoms with Gasteiger partial charge in [0.1, 0.15) is 15.7 Å². The number of nitrogens with two attached hydrogens (primary N) is 1. The summed E-state index contributed by atoms with van der Waals surface area (Å²) in [6.07, 6.45) is 3.02. The number of hydrogen-bond donors (Lipinski definition) is 1. The summed E-state index contributed by atoms with van der Waals surface area (Å²) >= 11 is 0. The van der Waals surface area contributed by atoms with Gasteiger partial charge in [-0.25, -0.2) is 12.8 Å². The lowest BCUT2D eigenvalue weighted by Crippen LogP contribution is -2.17. The summed E-state index contributed by atoms with van der Waals surface area (Å²) < 4.78 is 49.7. The first-order valence-electron chi connectivity index (χ1n) is 10.2. The molecule has 0 saturated heterocycles. The van der Waals surface area contributed by atoms with E-state index < -0.39 is 15.8 Å². The van der Waals surface area contributed by atoms with Crippen LogP contribution in [-0.2, 0) is 16.3 Å². The summed E-state index contributed by atoms with van der Waals surface area (Å²) in [7, 11) is -1.77. The molecule has 3 aromatic rings. The third kappa shape index (κ3) is 5.56. The number of ether oxygens (including phenoxy) is 2. The van der Waals surface area contributed by atoms with Gasteiger partial charge in [0.2, 0.25) is 0 Å². The van der Waals surface area contributed by atoms with Crippen LogP contribution in [0.2, 0.25) is 0 Å². The van der Waals surface area contributed by atoms with Gasteiger partial charge < -0.3 is 15.2 Å². The summed E-state index contributed by atoms with van der Waals surface area (Å²) in [5, 5.41) is 0. The molecule has 0 aliphatic carbocycles. The summed E-state index contributed by atoms with van der Waals surface area (Å²) in [6, 6.07) is 13.4. The minimum Gasteiger partial charge on any atom is -0.493 e. The van der Waals surface area contributed by atoms with Crippen LogP contribution >= 0.6 is 0 Å². The maximum absolute atomic E-state index is 14.3. The largest absolute Gasteiger partial charge is 0.493 e. The Hall–Kier alpha value is -3.13. The summed E-state index contributed by atoms with van der Waals surface area (Å²) in [6.45, 7) is 2.30. The minimum atomic E-state index is -3.31. The van der Waals surface area contributed by atoms with E-state index in [1.54, 1.807) is 49.7 Å². The Balaban J connectivity index is 2.03. The second kappa shape index (κ2) is 9.99. The van der Waals surface area contributed by atoms with Crippen LogP contribution in [0.1, 0.15) is 24.1 Å². The van der Waals surface area contributed by atoms with Crippen LogP contribution in [-0.4, -0.2) is 39.1 Å². The first kappa shape index (κ1) is 23.5. The molecular formula is C24H27FN2O4S. The Morgan fingerprint density at radius 2 is 1.84 bits per heavy atom. The Morgan fingerprint density at radius 3 is 2.50 bits per heavy atom. The van der Waals surface area contributed by atoms with Crippen LogP contribution in [0.5, 0.6) is 11.5 Å². The van der Waals surface area contributed by atoms with Gasteiger partial charge in [0.15, 0.2) is 11.5 Å². The molecule has 0 bridgehead atoms. The van der Waals surface area contributed by atoms with Gasteiger partial charge in [0, 0.05) is 29.5 Å². The van der Waals surface area contributed by atoms with Crippen LogP contribution in [0.25, 0.3) is 11.1 Å². The average Bonchev–Trinajstić information content (AvgIpc) is 2.74. The highest BCUT2D eigenvalue weighted by atomic mass is 32.2. The van der Waals surface area contributed by atoms with Crippen molar-refractivity contribution in [2.75, 3.05) is 31.5 Å². The molecule has 0 unspecified atom stereocenters. The maximum atomic E-state index is 14.3. The number of rotatable bonds is 9. The van der Waals surface area contributed by atoms with Crippen molar-refractivity contribution < 1.29 is 22.3 Å². The van der Waals surface area contributed by atoms with Gasteiger partial charge in [-0.3, -0.25) is 4.98 Å². The monoisotopic (exact) mass is 458 g/mol. The number of nitrogen functional groups attached to an aromatic ring is 1. The number of nitrogens with zero attached hydrogens (tertiary/aromatic N) is 1. The molecule has 0 aliphatic heterocycles. The van der Waals surface area contributed by atoms with Crippen LogP contribution in [0, 0.1) is 5.82 Å². The van der Waals surface area contributed by atoms with Crippen molar-refractivity contribution in [3.63, 3.8) is 0 Å². The average molecular weight is 459 g/mol. The number of benzene rings is 2. The first-order chi connectivity index (χ1) is 15.2. The molecule has 1 atom stereocenters. The molecule has 0 saturated carbocycles. The number of hydrogen-bond acceptors (Lipinski definition) is 6. The second-order valence-electron chi connectivity index (χ2n) is 7.54. The topological polar surface area (TPSA) is 91.5 Å². The zero-order valence-electron chi connectivity index (χ0n) is 18.3. The highest BCUT2D eigenvalue weighted by Crippen LogP contribution is 2.35. The molecule has 170 valence electrons. The summed E-state index contributed by atoms with van der Waals surface area (Å²) in [5.41, 5.74) is 8.87. The van der Waals surface area contributed by atoms with Crippen LogP contribution in [0.3, 0.4) is 0 Å². The molecule has 2 aromatic carbocycles. The number of methoxy groups -OCH3 is 1. The smallest absolute Gasteiger partial charge is 0.161 e. The minimum absolute atomic E-state index is 0.101. The summed E-state index contributed by atoms with van der Waals surface area (Å²) in [5.74, 6) is 0.178. The Bertz CT molecular complexity index is 1200. The molecule has 3 rings (SSSR count). The number of pyridine rings is 1. The summed E-state index contributed by atoms with van der Waals surface area (Å²) in [4.78, 5) is 4.38. The second-order valence-corrected chi connectivity index (χ2v) is 9.72. The van der Waals surface area contributed by atoms with Crippen LogP contribution in [0.4, 0.5) is 10.1 Å². The number of aromatic nitrogens is 1. The number of halogens is 1. The fourth-order valence-corrected chi connectivity index (χ4v) is 4.72. The van der Waals surface area contributed by atoms with E-state index in [1.165, 1.54) is 12.3 Å². The highest BCUT2D eigenvalue weighted by Gasteiger charge is 2.23. The predicted molar refractivity (Wildman–Crippen MR) is 124 cm³/mol. The molecule has 0 spiro atoms. The van der Waals surface area contributed by atoms with Crippen molar-refractivity contribution in [1.82, 2.24) is 4.98 Å². The number of sulfone groups is 1. The lowest BCUT2D eigenvalue weighted by atomic mass is 9.93. The van der Waals surface area contributed by atoms with Crippen molar-refractivity contribution in [1.29, 1.82) is 0 Å². The van der Waals surface area contributed by atoms with Gasteiger partial charge in [-0.2, -0.15) is 0 Å². The molecule has 8 heteroatoms. The van der Waals surface area contributed by atoms with E-state index in [-0.39, 0.29) is 18.0 Å². The number of anilines is 1. The molecule has 6 nitrogen and oxygen atoms in total. The Kier molecular flexibility index (Phi) is 7.35. The molecular weight excluding hydrogens is 431 g/mol. The fourth-order valence-electron chi connectivity index (χ4n) is 3.68. The van der Waals surface area contributed by atoms with E-state index in [0.29, 0.717) is 40.6 Å². The molecule has 1 heterocycles. The normalized spacial score (nSPS) is 12.4. The van der Waals surface area contributed by atoms with Crippen molar-refractivity contribution in [2.24, 2.45) is 0 Å². The van der Waals surface area contributed by atoms with E-state index >= 15 is 0 Å². The lowest BCUT2D eigenvalue weighted by Gasteiger charge is -2.20. The van der Waals surface area contributed by atoms with E-state index in [4.69, 9.17) is 15.2 Å². The lowest BCUT2D eigenvalue weighted by molar-refractivity contribution is 0.310. The quantitative estimate of drug-likeness (QED) is 0.516. The van der Waals surface area contributed by atoms with Gasteiger partial charge in [-0.05, 0) is 43.2 Å². The zero-order chi connectivity index (χ0) is 23.3.